The van der Waals surface area contributed by atoms with Gasteiger partial charge in [-0.3, -0.25) is 0 Å². The Morgan fingerprint density at radius 2 is 2.50 bits per heavy atom. The van der Waals surface area contributed by atoms with Gasteiger partial charge in [-0.15, -0.1) is 0 Å². The highest BCUT2D eigenvalue weighted by atomic mass is 16.5. The summed E-state index contributed by atoms with van der Waals surface area (Å²) in [5.74, 6) is 0.223. The maximum absolute atomic E-state index is 10.7. The van der Waals surface area contributed by atoms with Gasteiger partial charge in [-0.2, -0.15) is 0 Å². The fourth-order valence-electron chi connectivity index (χ4n) is 1.18. The van der Waals surface area contributed by atoms with E-state index in [0.717, 1.165) is 19.6 Å². The second-order valence-corrected chi connectivity index (χ2v) is 3.09. The molecule has 0 aromatic heterocycles. The zero-order chi connectivity index (χ0) is 8.97. The SMILES string of the molecule is C=CC(=O)OC(C)CC1COC1. The number of hydrogen-bond donors (Lipinski definition) is 0. The van der Waals surface area contributed by atoms with Gasteiger partial charge >= 0.3 is 5.97 Å². The highest BCUT2D eigenvalue weighted by Gasteiger charge is 2.22. The van der Waals surface area contributed by atoms with Crippen LogP contribution in [-0.2, 0) is 14.3 Å². The van der Waals surface area contributed by atoms with Crippen molar-refractivity contribution >= 4 is 5.97 Å². The van der Waals surface area contributed by atoms with Crippen molar-refractivity contribution in [3.8, 4) is 0 Å². The molecule has 1 aliphatic rings. The summed E-state index contributed by atoms with van der Waals surface area (Å²) in [5.41, 5.74) is 0. The monoisotopic (exact) mass is 170 g/mol. The van der Waals surface area contributed by atoms with E-state index in [2.05, 4.69) is 6.58 Å². The van der Waals surface area contributed by atoms with Crippen LogP contribution in [0.4, 0.5) is 0 Å². The van der Waals surface area contributed by atoms with Crippen LogP contribution in [0.2, 0.25) is 0 Å². The molecule has 12 heavy (non-hydrogen) atoms. The van der Waals surface area contributed by atoms with Crippen LogP contribution in [-0.4, -0.2) is 25.3 Å². The van der Waals surface area contributed by atoms with Crippen molar-refractivity contribution in [1.82, 2.24) is 0 Å². The Kier molecular flexibility index (Phi) is 3.29. The zero-order valence-corrected chi connectivity index (χ0v) is 7.29. The largest absolute Gasteiger partial charge is 0.460 e. The van der Waals surface area contributed by atoms with E-state index < -0.39 is 0 Å². The predicted molar refractivity (Wildman–Crippen MR) is 44.7 cm³/mol. The normalized spacial score (nSPS) is 19.4. The first-order valence-electron chi connectivity index (χ1n) is 4.13. The molecule has 68 valence electrons. The fraction of sp³-hybridized carbons (Fsp3) is 0.667. The van der Waals surface area contributed by atoms with Gasteiger partial charge in [-0.1, -0.05) is 6.58 Å². The third-order valence-electron chi connectivity index (χ3n) is 1.86. The van der Waals surface area contributed by atoms with Crippen molar-refractivity contribution in [2.24, 2.45) is 5.92 Å². The van der Waals surface area contributed by atoms with Crippen molar-refractivity contribution in [1.29, 1.82) is 0 Å². The molecule has 1 saturated heterocycles. The summed E-state index contributed by atoms with van der Waals surface area (Å²) >= 11 is 0. The smallest absolute Gasteiger partial charge is 0.330 e. The standard InChI is InChI=1S/C9H14O3/c1-3-9(10)12-7(2)4-8-5-11-6-8/h3,7-8H,1,4-6H2,2H3. The summed E-state index contributed by atoms with van der Waals surface area (Å²) in [6.07, 6.45) is 2.05. The molecule has 1 aliphatic heterocycles. The van der Waals surface area contributed by atoms with Gasteiger partial charge in [0.25, 0.3) is 0 Å². The van der Waals surface area contributed by atoms with Gasteiger partial charge in [0.1, 0.15) is 0 Å². The Bertz CT molecular complexity index is 173. The maximum Gasteiger partial charge on any atom is 0.330 e. The van der Waals surface area contributed by atoms with Gasteiger partial charge < -0.3 is 9.47 Å². The fourth-order valence-corrected chi connectivity index (χ4v) is 1.18. The average Bonchev–Trinajstić information content (AvgIpc) is 1.97. The maximum atomic E-state index is 10.7. The lowest BCUT2D eigenvalue weighted by atomic mass is 10.0. The highest BCUT2D eigenvalue weighted by molar-refractivity contribution is 5.81. The molecule has 0 N–H and O–H groups in total. The number of esters is 1. The molecule has 0 aromatic rings. The summed E-state index contributed by atoms with van der Waals surface area (Å²) in [7, 11) is 0. The van der Waals surface area contributed by atoms with Gasteiger partial charge in [0.2, 0.25) is 0 Å². The van der Waals surface area contributed by atoms with Crippen LogP contribution in [0.5, 0.6) is 0 Å². The molecule has 0 aromatic carbocycles. The molecule has 1 rings (SSSR count). The molecule has 0 spiro atoms. The zero-order valence-electron chi connectivity index (χ0n) is 7.29. The van der Waals surface area contributed by atoms with Gasteiger partial charge in [-0.25, -0.2) is 4.79 Å². The molecule has 1 fully saturated rings. The lowest BCUT2D eigenvalue weighted by molar-refractivity contribution is -0.145. The first kappa shape index (κ1) is 9.26. The van der Waals surface area contributed by atoms with Crippen molar-refractivity contribution in [2.75, 3.05) is 13.2 Å². The van der Waals surface area contributed by atoms with E-state index in [1.807, 2.05) is 6.92 Å². The molecule has 0 amide bonds. The molecule has 1 unspecified atom stereocenters. The first-order valence-corrected chi connectivity index (χ1v) is 4.13. The van der Waals surface area contributed by atoms with E-state index in [1.54, 1.807) is 0 Å². The van der Waals surface area contributed by atoms with Crippen LogP contribution in [0.25, 0.3) is 0 Å². The van der Waals surface area contributed by atoms with Crippen LogP contribution < -0.4 is 0 Å². The van der Waals surface area contributed by atoms with Crippen molar-refractivity contribution in [3.63, 3.8) is 0 Å². The Hall–Kier alpha value is -0.830. The lowest BCUT2D eigenvalue weighted by Gasteiger charge is -2.28. The lowest BCUT2D eigenvalue weighted by Crippen LogP contribution is -2.31. The van der Waals surface area contributed by atoms with E-state index >= 15 is 0 Å². The summed E-state index contributed by atoms with van der Waals surface area (Å²) in [4.78, 5) is 10.7. The summed E-state index contributed by atoms with van der Waals surface area (Å²) < 4.78 is 10.00. The van der Waals surface area contributed by atoms with Crippen molar-refractivity contribution in [3.05, 3.63) is 12.7 Å². The summed E-state index contributed by atoms with van der Waals surface area (Å²) in [6, 6.07) is 0. The molecular weight excluding hydrogens is 156 g/mol. The van der Waals surface area contributed by atoms with Crippen molar-refractivity contribution < 1.29 is 14.3 Å². The first-order chi connectivity index (χ1) is 5.72. The van der Waals surface area contributed by atoms with Gasteiger partial charge in [0.05, 0.1) is 19.3 Å². The molecule has 1 heterocycles. The van der Waals surface area contributed by atoms with Gasteiger partial charge in [0, 0.05) is 12.0 Å². The molecule has 1 atom stereocenters. The minimum Gasteiger partial charge on any atom is -0.460 e. The quantitative estimate of drug-likeness (QED) is 0.469. The number of carbonyl (C=O) groups is 1. The minimum absolute atomic E-state index is 0.0237. The Balaban J connectivity index is 2.13. The van der Waals surface area contributed by atoms with Crippen molar-refractivity contribution in [2.45, 2.75) is 19.4 Å². The summed E-state index contributed by atoms with van der Waals surface area (Å²) in [5, 5.41) is 0. The molecular formula is C9H14O3. The Labute approximate surface area is 72.4 Å². The van der Waals surface area contributed by atoms with Crippen LogP contribution in [0.1, 0.15) is 13.3 Å². The van der Waals surface area contributed by atoms with Gasteiger partial charge in [0.15, 0.2) is 0 Å². The third kappa shape index (κ3) is 2.66. The topological polar surface area (TPSA) is 35.5 Å². The van der Waals surface area contributed by atoms with E-state index in [4.69, 9.17) is 9.47 Å². The van der Waals surface area contributed by atoms with E-state index in [1.165, 1.54) is 6.08 Å². The summed E-state index contributed by atoms with van der Waals surface area (Å²) in [6.45, 7) is 6.82. The van der Waals surface area contributed by atoms with Crippen LogP contribution >= 0.6 is 0 Å². The number of rotatable bonds is 4. The molecule has 3 heteroatoms. The number of hydrogen-bond acceptors (Lipinski definition) is 3. The van der Waals surface area contributed by atoms with Crippen LogP contribution in [0.3, 0.4) is 0 Å². The number of ether oxygens (including phenoxy) is 2. The molecule has 3 nitrogen and oxygen atoms in total. The third-order valence-corrected chi connectivity index (χ3v) is 1.86. The van der Waals surface area contributed by atoms with E-state index in [0.29, 0.717) is 5.92 Å². The molecule has 0 aliphatic carbocycles. The van der Waals surface area contributed by atoms with Crippen LogP contribution in [0.15, 0.2) is 12.7 Å². The van der Waals surface area contributed by atoms with E-state index in [-0.39, 0.29) is 12.1 Å². The molecule has 0 bridgehead atoms. The highest BCUT2D eigenvalue weighted by Crippen LogP contribution is 2.17. The average molecular weight is 170 g/mol. The molecule has 0 saturated carbocycles. The Morgan fingerprint density at radius 3 is 2.92 bits per heavy atom. The number of carbonyl (C=O) groups excluding carboxylic acids is 1. The second kappa shape index (κ2) is 4.26. The predicted octanol–water partition coefficient (Wildman–Crippen LogP) is 1.14. The minimum atomic E-state index is -0.345. The van der Waals surface area contributed by atoms with Crippen LogP contribution in [0, 0.1) is 5.92 Å². The van der Waals surface area contributed by atoms with Gasteiger partial charge in [-0.05, 0) is 13.3 Å². The molecule has 0 radical (unpaired) electrons. The van der Waals surface area contributed by atoms with E-state index in [9.17, 15) is 4.79 Å². The second-order valence-electron chi connectivity index (χ2n) is 3.09. The Morgan fingerprint density at radius 1 is 1.83 bits per heavy atom.